The summed E-state index contributed by atoms with van der Waals surface area (Å²) in [5.74, 6) is 1.76. The van der Waals surface area contributed by atoms with Gasteiger partial charge in [-0.15, -0.1) is 0 Å². The van der Waals surface area contributed by atoms with Gasteiger partial charge in [0, 0.05) is 19.0 Å². The zero-order valence-corrected chi connectivity index (χ0v) is 13.3. The fraction of sp³-hybridized carbons (Fsp3) is 0.375. The molecule has 1 amide bonds. The molecule has 0 aliphatic carbocycles. The second kappa shape index (κ2) is 7.88. The number of benzene rings is 1. The summed E-state index contributed by atoms with van der Waals surface area (Å²) >= 11 is 1.83. The molecule has 2 aromatic rings. The van der Waals surface area contributed by atoms with E-state index in [9.17, 15) is 4.79 Å². The van der Waals surface area contributed by atoms with E-state index in [2.05, 4.69) is 21.9 Å². The second-order valence-corrected chi connectivity index (χ2v) is 5.77. The van der Waals surface area contributed by atoms with Crippen LogP contribution in [0.5, 0.6) is 0 Å². The number of fused-ring (bicyclic) bond motifs is 1. The lowest BCUT2D eigenvalue weighted by molar-refractivity contribution is 0.0948. The van der Waals surface area contributed by atoms with Crippen molar-refractivity contribution in [3.8, 4) is 0 Å². The number of aromatic nitrogens is 1. The summed E-state index contributed by atoms with van der Waals surface area (Å²) in [5, 5.41) is 8.03. The van der Waals surface area contributed by atoms with Gasteiger partial charge < -0.3 is 10.6 Å². The molecule has 0 saturated carbocycles. The third-order valence-electron chi connectivity index (χ3n) is 3.27. The molecule has 0 atom stereocenters. The van der Waals surface area contributed by atoms with Gasteiger partial charge in [-0.1, -0.05) is 24.3 Å². The van der Waals surface area contributed by atoms with E-state index in [1.54, 1.807) is 0 Å². The lowest BCUT2D eigenvalue weighted by atomic mass is 10.1. The van der Waals surface area contributed by atoms with Gasteiger partial charge in [0.1, 0.15) is 11.5 Å². The van der Waals surface area contributed by atoms with Crippen molar-refractivity contribution in [2.24, 2.45) is 0 Å². The minimum absolute atomic E-state index is 0.110. The Hall–Kier alpha value is -1.75. The molecule has 2 rings (SSSR count). The maximum atomic E-state index is 12.2. The van der Waals surface area contributed by atoms with Crippen molar-refractivity contribution in [1.29, 1.82) is 0 Å². The minimum atomic E-state index is -0.110. The molecule has 0 radical (unpaired) electrons. The molecule has 1 heterocycles. The molecular formula is C16H21N3OS. The Labute approximate surface area is 129 Å². The molecule has 0 aliphatic rings. The standard InChI is InChI=1S/C16H21N3OS/c1-17-15-13-8-4-3-7-12(13)11-14(19-15)16(20)18-9-5-6-10-21-2/h3-4,7-8,11H,5-6,9-10H2,1-2H3,(H,17,19)(H,18,20). The fourth-order valence-corrected chi connectivity index (χ4v) is 2.66. The zero-order chi connectivity index (χ0) is 15.1. The number of rotatable bonds is 7. The van der Waals surface area contributed by atoms with Crippen molar-refractivity contribution in [1.82, 2.24) is 10.3 Å². The first-order valence-corrected chi connectivity index (χ1v) is 8.50. The second-order valence-electron chi connectivity index (χ2n) is 4.78. The number of nitrogens with one attached hydrogen (secondary N) is 2. The summed E-state index contributed by atoms with van der Waals surface area (Å²) < 4.78 is 0. The Morgan fingerprint density at radius 3 is 2.86 bits per heavy atom. The quantitative estimate of drug-likeness (QED) is 0.772. The van der Waals surface area contributed by atoms with E-state index in [4.69, 9.17) is 0 Å². The highest BCUT2D eigenvalue weighted by Gasteiger charge is 2.10. The van der Waals surface area contributed by atoms with E-state index in [-0.39, 0.29) is 5.91 Å². The monoisotopic (exact) mass is 303 g/mol. The molecule has 21 heavy (non-hydrogen) atoms. The van der Waals surface area contributed by atoms with Gasteiger partial charge in [-0.25, -0.2) is 4.98 Å². The summed E-state index contributed by atoms with van der Waals surface area (Å²) in [7, 11) is 1.82. The maximum Gasteiger partial charge on any atom is 0.269 e. The first kappa shape index (κ1) is 15.6. The van der Waals surface area contributed by atoms with E-state index >= 15 is 0 Å². The summed E-state index contributed by atoms with van der Waals surface area (Å²) in [5.41, 5.74) is 0.461. The molecule has 1 aromatic heterocycles. The van der Waals surface area contributed by atoms with Gasteiger partial charge in [-0.05, 0) is 36.3 Å². The number of unbranched alkanes of at least 4 members (excludes halogenated alkanes) is 1. The lowest BCUT2D eigenvalue weighted by Crippen LogP contribution is -2.25. The van der Waals surface area contributed by atoms with Gasteiger partial charge in [0.25, 0.3) is 5.91 Å². The fourth-order valence-electron chi connectivity index (χ4n) is 2.17. The summed E-state index contributed by atoms with van der Waals surface area (Å²) in [6.07, 6.45) is 4.21. The molecule has 0 aliphatic heterocycles. The molecule has 0 fully saturated rings. The largest absolute Gasteiger partial charge is 0.373 e. The van der Waals surface area contributed by atoms with Gasteiger partial charge in [0.15, 0.2) is 0 Å². The third-order valence-corrected chi connectivity index (χ3v) is 3.97. The van der Waals surface area contributed by atoms with Crippen LogP contribution in [0.25, 0.3) is 10.8 Å². The third kappa shape index (κ3) is 4.11. The van der Waals surface area contributed by atoms with E-state index in [1.807, 2.05) is 49.1 Å². The number of thioether (sulfide) groups is 1. The van der Waals surface area contributed by atoms with Crippen molar-refractivity contribution < 1.29 is 4.79 Å². The molecule has 0 saturated heterocycles. The molecule has 1 aromatic carbocycles. The first-order valence-electron chi connectivity index (χ1n) is 7.11. The van der Waals surface area contributed by atoms with Crippen molar-refractivity contribution in [2.75, 3.05) is 30.9 Å². The van der Waals surface area contributed by atoms with Gasteiger partial charge >= 0.3 is 0 Å². The Balaban J connectivity index is 2.09. The van der Waals surface area contributed by atoms with Crippen molar-refractivity contribution in [2.45, 2.75) is 12.8 Å². The van der Waals surface area contributed by atoms with E-state index < -0.39 is 0 Å². The van der Waals surface area contributed by atoms with Crippen LogP contribution < -0.4 is 10.6 Å². The smallest absolute Gasteiger partial charge is 0.269 e. The number of hydrogen-bond acceptors (Lipinski definition) is 4. The van der Waals surface area contributed by atoms with E-state index in [1.165, 1.54) is 0 Å². The topological polar surface area (TPSA) is 54.0 Å². The van der Waals surface area contributed by atoms with Crippen LogP contribution in [-0.4, -0.2) is 36.5 Å². The molecule has 2 N–H and O–H groups in total. The van der Waals surface area contributed by atoms with Crippen LogP contribution in [0.15, 0.2) is 30.3 Å². The zero-order valence-electron chi connectivity index (χ0n) is 12.5. The minimum Gasteiger partial charge on any atom is -0.373 e. The van der Waals surface area contributed by atoms with Crippen molar-refractivity contribution in [3.63, 3.8) is 0 Å². The predicted molar refractivity (Wildman–Crippen MR) is 91.2 cm³/mol. The molecule has 0 unspecified atom stereocenters. The Bertz CT molecular complexity index is 615. The summed E-state index contributed by atoms with van der Waals surface area (Å²) in [6.45, 7) is 0.697. The molecule has 5 heteroatoms. The number of pyridine rings is 1. The van der Waals surface area contributed by atoms with Gasteiger partial charge in [0.05, 0.1) is 0 Å². The van der Waals surface area contributed by atoms with Crippen LogP contribution >= 0.6 is 11.8 Å². The number of anilines is 1. The predicted octanol–water partition coefficient (Wildman–Crippen LogP) is 3.15. The molecule has 0 spiro atoms. The highest BCUT2D eigenvalue weighted by atomic mass is 32.2. The van der Waals surface area contributed by atoms with E-state index in [0.717, 1.165) is 35.2 Å². The van der Waals surface area contributed by atoms with Crippen LogP contribution in [0, 0.1) is 0 Å². The Morgan fingerprint density at radius 1 is 1.29 bits per heavy atom. The van der Waals surface area contributed by atoms with Gasteiger partial charge in [0.2, 0.25) is 0 Å². The maximum absolute atomic E-state index is 12.2. The van der Waals surface area contributed by atoms with Gasteiger partial charge in [-0.2, -0.15) is 11.8 Å². The van der Waals surface area contributed by atoms with Crippen LogP contribution in [-0.2, 0) is 0 Å². The summed E-state index contributed by atoms with van der Waals surface area (Å²) in [6, 6.07) is 9.76. The van der Waals surface area contributed by atoms with Crippen LogP contribution in [0.4, 0.5) is 5.82 Å². The summed E-state index contributed by atoms with van der Waals surface area (Å²) in [4.78, 5) is 16.6. The lowest BCUT2D eigenvalue weighted by Gasteiger charge is -2.09. The number of amides is 1. The first-order chi connectivity index (χ1) is 10.3. The SMILES string of the molecule is CNc1nc(C(=O)NCCCCSC)cc2ccccc12. The highest BCUT2D eigenvalue weighted by molar-refractivity contribution is 7.98. The molecule has 4 nitrogen and oxygen atoms in total. The number of carbonyl (C=O) groups excluding carboxylic acids is 1. The molecule has 112 valence electrons. The van der Waals surface area contributed by atoms with Crippen molar-refractivity contribution >= 4 is 34.3 Å². The van der Waals surface area contributed by atoms with Crippen LogP contribution in [0.2, 0.25) is 0 Å². The van der Waals surface area contributed by atoms with Crippen LogP contribution in [0.1, 0.15) is 23.3 Å². The Kier molecular flexibility index (Phi) is 5.87. The number of carbonyl (C=O) groups is 1. The highest BCUT2D eigenvalue weighted by Crippen LogP contribution is 2.22. The average molecular weight is 303 g/mol. The molecular weight excluding hydrogens is 282 g/mol. The molecule has 0 bridgehead atoms. The van der Waals surface area contributed by atoms with Crippen molar-refractivity contribution in [3.05, 3.63) is 36.0 Å². The number of nitrogens with zero attached hydrogens (tertiary/aromatic N) is 1. The number of hydrogen-bond donors (Lipinski definition) is 2. The normalized spacial score (nSPS) is 10.6. The van der Waals surface area contributed by atoms with Crippen LogP contribution in [0.3, 0.4) is 0 Å². The Morgan fingerprint density at radius 2 is 2.10 bits per heavy atom. The van der Waals surface area contributed by atoms with E-state index in [0.29, 0.717) is 12.2 Å². The average Bonchev–Trinajstić information content (AvgIpc) is 2.53. The van der Waals surface area contributed by atoms with Gasteiger partial charge in [-0.3, -0.25) is 4.79 Å².